The topological polar surface area (TPSA) is 49.4 Å². The van der Waals surface area contributed by atoms with Crippen LogP contribution in [0.5, 0.6) is 0 Å². The van der Waals surface area contributed by atoms with E-state index in [1.54, 1.807) is 13.8 Å². The Morgan fingerprint density at radius 2 is 1.68 bits per heavy atom. The summed E-state index contributed by atoms with van der Waals surface area (Å²) in [5, 5.41) is 2.76. The summed E-state index contributed by atoms with van der Waals surface area (Å²) in [6.45, 7) is 6.14. The highest BCUT2D eigenvalue weighted by molar-refractivity contribution is 5.90. The van der Waals surface area contributed by atoms with Gasteiger partial charge in [0, 0.05) is 25.9 Å². The maximum Gasteiger partial charge on any atom is 0.248 e. The number of fused-ring (bicyclic) bond motifs is 1. The molecule has 130 valence electrons. The SMILES string of the molecule is CC(=O)NC(C)(C)C(=O)N1Cc2ccccc2C(c2ccccc2)C1. The molecule has 4 heteroatoms. The summed E-state index contributed by atoms with van der Waals surface area (Å²) >= 11 is 0. The quantitative estimate of drug-likeness (QED) is 0.936. The number of hydrogen-bond acceptors (Lipinski definition) is 2. The van der Waals surface area contributed by atoms with Crippen LogP contribution in [0.1, 0.15) is 43.4 Å². The van der Waals surface area contributed by atoms with Gasteiger partial charge < -0.3 is 10.2 Å². The van der Waals surface area contributed by atoms with Crippen molar-refractivity contribution < 1.29 is 9.59 Å². The second-order valence-electron chi connectivity index (χ2n) is 7.15. The Balaban J connectivity index is 1.94. The van der Waals surface area contributed by atoms with E-state index in [-0.39, 0.29) is 17.7 Å². The van der Waals surface area contributed by atoms with E-state index >= 15 is 0 Å². The van der Waals surface area contributed by atoms with Gasteiger partial charge in [-0.15, -0.1) is 0 Å². The van der Waals surface area contributed by atoms with Crippen molar-refractivity contribution in [2.75, 3.05) is 6.54 Å². The van der Waals surface area contributed by atoms with Crippen LogP contribution in [0.4, 0.5) is 0 Å². The van der Waals surface area contributed by atoms with E-state index in [1.165, 1.54) is 18.1 Å². The Labute approximate surface area is 148 Å². The highest BCUT2D eigenvalue weighted by Crippen LogP contribution is 2.34. The van der Waals surface area contributed by atoms with Crippen LogP contribution in [0.15, 0.2) is 54.6 Å². The minimum Gasteiger partial charge on any atom is -0.342 e. The molecule has 0 radical (unpaired) electrons. The summed E-state index contributed by atoms with van der Waals surface area (Å²) in [5.41, 5.74) is 2.72. The molecule has 1 aliphatic rings. The normalized spacial score (nSPS) is 16.9. The summed E-state index contributed by atoms with van der Waals surface area (Å²) in [7, 11) is 0. The Hall–Kier alpha value is -2.62. The van der Waals surface area contributed by atoms with Crippen LogP contribution >= 0.6 is 0 Å². The number of rotatable bonds is 3. The summed E-state index contributed by atoms with van der Waals surface area (Å²) in [6.07, 6.45) is 0. The molecule has 0 spiro atoms. The largest absolute Gasteiger partial charge is 0.342 e. The van der Waals surface area contributed by atoms with Gasteiger partial charge in [0.25, 0.3) is 0 Å². The highest BCUT2D eigenvalue weighted by atomic mass is 16.2. The number of hydrogen-bond donors (Lipinski definition) is 1. The number of nitrogens with zero attached hydrogens (tertiary/aromatic N) is 1. The Kier molecular flexibility index (Phi) is 4.62. The molecule has 0 aromatic heterocycles. The monoisotopic (exact) mass is 336 g/mol. The first-order valence-electron chi connectivity index (χ1n) is 8.59. The molecule has 1 N–H and O–H groups in total. The van der Waals surface area contributed by atoms with E-state index < -0.39 is 5.54 Å². The van der Waals surface area contributed by atoms with E-state index in [1.807, 2.05) is 35.2 Å². The van der Waals surface area contributed by atoms with E-state index in [0.29, 0.717) is 13.1 Å². The molecule has 0 saturated carbocycles. The van der Waals surface area contributed by atoms with Crippen molar-refractivity contribution in [3.63, 3.8) is 0 Å². The van der Waals surface area contributed by atoms with Crippen molar-refractivity contribution in [1.82, 2.24) is 10.2 Å². The van der Waals surface area contributed by atoms with Crippen LogP contribution in [0.25, 0.3) is 0 Å². The van der Waals surface area contributed by atoms with Crippen molar-refractivity contribution in [3.05, 3.63) is 71.3 Å². The van der Waals surface area contributed by atoms with Crippen molar-refractivity contribution in [3.8, 4) is 0 Å². The third-order valence-electron chi connectivity index (χ3n) is 4.71. The molecule has 1 aliphatic heterocycles. The number of carbonyl (C=O) groups excluding carboxylic acids is 2. The van der Waals surface area contributed by atoms with Crippen LogP contribution in [0.2, 0.25) is 0 Å². The first kappa shape index (κ1) is 17.2. The first-order valence-corrected chi connectivity index (χ1v) is 8.59. The molecule has 0 fully saturated rings. The van der Waals surface area contributed by atoms with Gasteiger partial charge in [-0.3, -0.25) is 9.59 Å². The van der Waals surface area contributed by atoms with Crippen LogP contribution in [-0.4, -0.2) is 28.8 Å². The second-order valence-corrected chi connectivity index (χ2v) is 7.15. The van der Waals surface area contributed by atoms with Gasteiger partial charge in [0.05, 0.1) is 0 Å². The molecule has 1 heterocycles. The average Bonchev–Trinajstić information content (AvgIpc) is 2.59. The molecule has 2 aromatic rings. The minimum atomic E-state index is -0.917. The van der Waals surface area contributed by atoms with Crippen LogP contribution in [0.3, 0.4) is 0 Å². The Bertz CT molecular complexity index is 783. The summed E-state index contributed by atoms with van der Waals surface area (Å²) in [6, 6.07) is 18.6. The predicted octanol–water partition coefficient (Wildman–Crippen LogP) is 3.08. The maximum atomic E-state index is 13.1. The number of carbonyl (C=O) groups is 2. The lowest BCUT2D eigenvalue weighted by atomic mass is 9.84. The summed E-state index contributed by atoms with van der Waals surface area (Å²) < 4.78 is 0. The number of amides is 2. The predicted molar refractivity (Wildman–Crippen MR) is 98.0 cm³/mol. The summed E-state index contributed by atoms with van der Waals surface area (Å²) in [5.74, 6) is -0.114. The molecule has 3 rings (SSSR count). The fourth-order valence-electron chi connectivity index (χ4n) is 3.62. The third-order valence-corrected chi connectivity index (χ3v) is 4.71. The van der Waals surface area contributed by atoms with E-state index in [0.717, 1.165) is 5.56 Å². The lowest BCUT2D eigenvalue weighted by Gasteiger charge is -2.39. The molecule has 1 unspecified atom stereocenters. The van der Waals surface area contributed by atoms with Crippen LogP contribution in [-0.2, 0) is 16.1 Å². The molecule has 2 amide bonds. The van der Waals surface area contributed by atoms with Gasteiger partial charge in [0.1, 0.15) is 5.54 Å². The van der Waals surface area contributed by atoms with Crippen molar-refractivity contribution in [2.45, 2.75) is 38.8 Å². The number of nitrogens with one attached hydrogen (secondary N) is 1. The maximum absolute atomic E-state index is 13.1. The van der Waals surface area contributed by atoms with E-state index in [4.69, 9.17) is 0 Å². The van der Waals surface area contributed by atoms with Gasteiger partial charge in [-0.1, -0.05) is 54.6 Å². The molecule has 0 aliphatic carbocycles. The fraction of sp³-hybridized carbons (Fsp3) is 0.333. The molecular weight excluding hydrogens is 312 g/mol. The number of benzene rings is 2. The van der Waals surface area contributed by atoms with Crippen molar-refractivity contribution in [2.24, 2.45) is 0 Å². The smallest absolute Gasteiger partial charge is 0.248 e. The van der Waals surface area contributed by atoms with Gasteiger partial charge in [0.2, 0.25) is 11.8 Å². The zero-order valence-corrected chi connectivity index (χ0v) is 15.0. The standard InChI is InChI=1S/C21H24N2O2/c1-15(24)22-21(2,3)20(25)23-13-17-11-7-8-12-18(17)19(14-23)16-9-5-4-6-10-16/h4-12,19H,13-14H2,1-3H3,(H,22,24). The molecule has 1 atom stereocenters. The molecule has 2 aromatic carbocycles. The first-order chi connectivity index (χ1) is 11.9. The zero-order chi connectivity index (χ0) is 18.0. The van der Waals surface area contributed by atoms with Gasteiger partial charge in [-0.2, -0.15) is 0 Å². The minimum absolute atomic E-state index is 0.0573. The lowest BCUT2D eigenvalue weighted by Crippen LogP contribution is -2.56. The molecule has 0 saturated heterocycles. The second kappa shape index (κ2) is 6.71. The summed E-state index contributed by atoms with van der Waals surface area (Å²) in [4.78, 5) is 26.4. The van der Waals surface area contributed by atoms with Gasteiger partial charge >= 0.3 is 0 Å². The van der Waals surface area contributed by atoms with Gasteiger partial charge in [0.15, 0.2) is 0 Å². The molecule has 4 nitrogen and oxygen atoms in total. The Morgan fingerprint density at radius 3 is 2.36 bits per heavy atom. The van der Waals surface area contributed by atoms with E-state index in [9.17, 15) is 9.59 Å². The molecular formula is C21H24N2O2. The average molecular weight is 336 g/mol. The fourth-order valence-corrected chi connectivity index (χ4v) is 3.62. The molecule has 0 bridgehead atoms. The van der Waals surface area contributed by atoms with E-state index in [2.05, 4.69) is 29.6 Å². The third kappa shape index (κ3) is 3.58. The Morgan fingerprint density at radius 1 is 1.04 bits per heavy atom. The molecule has 25 heavy (non-hydrogen) atoms. The van der Waals surface area contributed by atoms with Crippen LogP contribution in [0, 0.1) is 0 Å². The van der Waals surface area contributed by atoms with Gasteiger partial charge in [-0.05, 0) is 30.5 Å². The zero-order valence-electron chi connectivity index (χ0n) is 15.0. The van der Waals surface area contributed by atoms with Gasteiger partial charge in [-0.25, -0.2) is 0 Å². The lowest BCUT2D eigenvalue weighted by molar-refractivity contribution is -0.141. The van der Waals surface area contributed by atoms with Crippen molar-refractivity contribution >= 4 is 11.8 Å². The highest BCUT2D eigenvalue weighted by Gasteiger charge is 2.37. The van der Waals surface area contributed by atoms with Crippen LogP contribution < -0.4 is 5.32 Å². The van der Waals surface area contributed by atoms with Crippen molar-refractivity contribution in [1.29, 1.82) is 0 Å².